The Kier molecular flexibility index (Phi) is 65.9. The van der Waals surface area contributed by atoms with E-state index >= 15 is 0 Å². The second-order valence-electron chi connectivity index (χ2n) is 1.45. The molecule has 0 amide bonds. The van der Waals surface area contributed by atoms with Crippen molar-refractivity contribution in [1.82, 2.24) is 4.90 Å². The molecule has 0 bridgehead atoms. The molecule has 4 nitrogen and oxygen atoms in total. The summed E-state index contributed by atoms with van der Waals surface area (Å²) in [6.45, 7) is 6.04. The molecule has 84 valence electrons. The first-order valence-corrected chi connectivity index (χ1v) is 3.55. The van der Waals surface area contributed by atoms with E-state index in [9.17, 15) is 0 Å². The molecule has 0 rings (SSSR count). The van der Waals surface area contributed by atoms with Gasteiger partial charge in [-0.2, -0.15) is 0 Å². The molecule has 0 saturated carbocycles. The maximum absolute atomic E-state index is 4.81. The topological polar surface area (TPSA) is 97.7 Å². The fourth-order valence-corrected chi connectivity index (χ4v) is 1.04. The van der Waals surface area contributed by atoms with E-state index in [1.807, 2.05) is 4.90 Å². The molecule has 0 aromatic carbocycles. The molecule has 0 saturated heterocycles. The van der Waals surface area contributed by atoms with Crippen LogP contribution in [0, 0.1) is 0 Å². The van der Waals surface area contributed by atoms with Crippen LogP contribution in [0.25, 0.3) is 0 Å². The van der Waals surface area contributed by atoms with Crippen LogP contribution in [0.1, 0.15) is 15.3 Å². The number of hydrogen-bond donors (Lipinski definition) is 1. The van der Waals surface area contributed by atoms with Gasteiger partial charge in [-0.25, -0.2) is 0 Å². The Hall–Kier alpha value is 1.78. The summed E-state index contributed by atoms with van der Waals surface area (Å²) in [6, 6.07) is 0. The molecular formula is C5H18NNaO3PdS2. The molecule has 0 unspecified atom stereocenters. The number of thiol groups is 1. The van der Waals surface area contributed by atoms with Crippen LogP contribution in [0.4, 0.5) is 0 Å². The third-order valence-electron chi connectivity index (χ3n) is 1.03. The maximum Gasteiger partial charge on any atom is 1.00 e. The van der Waals surface area contributed by atoms with Crippen LogP contribution in [0.15, 0.2) is 0 Å². The first-order chi connectivity index (χ1) is 3.72. The smallest absolute Gasteiger partial charge is 1.00 e. The van der Waals surface area contributed by atoms with Crippen molar-refractivity contribution in [1.29, 1.82) is 0 Å². The third-order valence-corrected chi connectivity index (χ3v) is 1.58. The van der Waals surface area contributed by atoms with E-state index in [1.54, 1.807) is 0 Å². The average molecular weight is 334 g/mol. The summed E-state index contributed by atoms with van der Waals surface area (Å²) in [5.74, 6) is 0. The zero-order chi connectivity index (χ0) is 6.57. The number of nitrogens with zero attached hydrogens (tertiary/aromatic N) is 1. The first kappa shape index (κ1) is 36.4. The standard InChI is InChI=1S/C5H11NS2.Na.3H2O.Pd.H/c1-3-6(4-2)5(7)8;;;;;;/h3-4H2,1-2H3,(H,7,8);;3*1H2;;/q;+1;;;;;-1. The van der Waals surface area contributed by atoms with Crippen molar-refractivity contribution in [3.05, 3.63) is 0 Å². The van der Waals surface area contributed by atoms with E-state index in [0.717, 1.165) is 13.1 Å². The van der Waals surface area contributed by atoms with E-state index < -0.39 is 0 Å². The minimum atomic E-state index is 0. The fourth-order valence-electron chi connectivity index (χ4n) is 0.494. The molecular weight excluding hydrogens is 316 g/mol. The van der Waals surface area contributed by atoms with Crippen molar-refractivity contribution in [2.75, 3.05) is 13.1 Å². The van der Waals surface area contributed by atoms with Crippen LogP contribution in [-0.4, -0.2) is 38.7 Å². The first-order valence-electron chi connectivity index (χ1n) is 2.70. The molecule has 13 heavy (non-hydrogen) atoms. The Balaban J connectivity index is -0.0000000163. The van der Waals surface area contributed by atoms with Gasteiger partial charge in [0.15, 0.2) is 0 Å². The van der Waals surface area contributed by atoms with Crippen molar-refractivity contribution in [2.45, 2.75) is 13.8 Å². The summed E-state index contributed by atoms with van der Waals surface area (Å²) in [6.07, 6.45) is 0. The van der Waals surface area contributed by atoms with Gasteiger partial charge in [0.05, 0.1) is 0 Å². The molecule has 6 N–H and O–H groups in total. The predicted molar refractivity (Wildman–Crippen MR) is 56.5 cm³/mol. The van der Waals surface area contributed by atoms with Gasteiger partial charge >= 0.3 is 29.6 Å². The number of hydrogen-bond acceptors (Lipinski definition) is 1. The Bertz CT molecular complexity index is 103. The normalized spacial score (nSPS) is 5.46. The second-order valence-corrected chi connectivity index (χ2v) is 2.57. The summed E-state index contributed by atoms with van der Waals surface area (Å²) < 4.78 is 0.690. The summed E-state index contributed by atoms with van der Waals surface area (Å²) in [4.78, 5) is 2.01. The van der Waals surface area contributed by atoms with E-state index in [2.05, 4.69) is 26.5 Å². The quantitative estimate of drug-likeness (QED) is 0.318. The molecule has 0 aliphatic rings. The summed E-state index contributed by atoms with van der Waals surface area (Å²) in [5.41, 5.74) is 0. The van der Waals surface area contributed by atoms with E-state index in [4.69, 9.17) is 12.2 Å². The van der Waals surface area contributed by atoms with E-state index in [-0.39, 0.29) is 67.8 Å². The molecule has 0 fully saturated rings. The Morgan fingerprint density at radius 3 is 1.46 bits per heavy atom. The van der Waals surface area contributed by atoms with Crippen LogP contribution in [0.5, 0.6) is 0 Å². The molecule has 0 aromatic rings. The minimum absolute atomic E-state index is 0. The molecule has 0 heterocycles. The Labute approximate surface area is 128 Å². The van der Waals surface area contributed by atoms with Gasteiger partial charge in [0.2, 0.25) is 0 Å². The molecule has 0 atom stereocenters. The fraction of sp³-hybridized carbons (Fsp3) is 0.800. The van der Waals surface area contributed by atoms with Crippen LogP contribution in [-0.2, 0) is 20.4 Å². The van der Waals surface area contributed by atoms with Gasteiger partial charge in [0, 0.05) is 33.5 Å². The van der Waals surface area contributed by atoms with E-state index in [0.29, 0.717) is 4.32 Å². The third kappa shape index (κ3) is 20.0. The van der Waals surface area contributed by atoms with Gasteiger partial charge < -0.3 is 22.8 Å². The van der Waals surface area contributed by atoms with Gasteiger partial charge in [-0.3, -0.25) is 0 Å². The molecule has 0 spiro atoms. The second kappa shape index (κ2) is 23.5. The number of rotatable bonds is 2. The van der Waals surface area contributed by atoms with Crippen molar-refractivity contribution in [2.24, 2.45) is 0 Å². The Morgan fingerprint density at radius 2 is 1.46 bits per heavy atom. The van der Waals surface area contributed by atoms with Gasteiger partial charge in [-0.15, -0.1) is 12.6 Å². The van der Waals surface area contributed by atoms with Gasteiger partial charge in [-0.1, -0.05) is 12.2 Å². The molecule has 0 aliphatic heterocycles. The minimum Gasteiger partial charge on any atom is -1.00 e. The summed E-state index contributed by atoms with van der Waals surface area (Å²) in [5, 5.41) is 0. The molecule has 0 aliphatic carbocycles. The predicted octanol–water partition coefficient (Wildman–Crippen LogP) is -3.82. The van der Waals surface area contributed by atoms with Crippen LogP contribution in [0.3, 0.4) is 0 Å². The van der Waals surface area contributed by atoms with Crippen LogP contribution >= 0.6 is 24.8 Å². The number of thiocarbonyl (C=S) groups is 1. The largest absolute Gasteiger partial charge is 1.00 e. The summed E-state index contributed by atoms with van der Waals surface area (Å²) >= 11 is 8.82. The zero-order valence-corrected chi connectivity index (χ0v) is 13.3. The monoisotopic (exact) mass is 333 g/mol. The van der Waals surface area contributed by atoms with Crippen molar-refractivity contribution in [3.63, 3.8) is 0 Å². The molecule has 8 heteroatoms. The summed E-state index contributed by atoms with van der Waals surface area (Å²) in [7, 11) is 0. The molecule has 0 radical (unpaired) electrons. The van der Waals surface area contributed by atoms with Crippen molar-refractivity contribution in [3.8, 4) is 0 Å². The van der Waals surface area contributed by atoms with Gasteiger partial charge in [0.1, 0.15) is 4.32 Å². The maximum atomic E-state index is 4.81. The van der Waals surface area contributed by atoms with Crippen LogP contribution in [0.2, 0.25) is 0 Å². The van der Waals surface area contributed by atoms with Crippen LogP contribution < -0.4 is 29.6 Å². The van der Waals surface area contributed by atoms with Gasteiger partial charge in [-0.05, 0) is 13.8 Å². The van der Waals surface area contributed by atoms with Crippen molar-refractivity contribution >= 4 is 29.2 Å². The average Bonchev–Trinajstić information content (AvgIpc) is 1.69. The SMILES string of the molecule is CCN(CC)C(=S)S.O.O.O.[H-].[Na+].[Pd]. The molecule has 0 aromatic heterocycles. The van der Waals surface area contributed by atoms with Gasteiger partial charge in [0.25, 0.3) is 0 Å². The van der Waals surface area contributed by atoms with Crippen molar-refractivity contribution < 1.29 is 67.8 Å². The zero-order valence-electron chi connectivity index (χ0n) is 9.03. The Morgan fingerprint density at radius 1 is 1.23 bits per heavy atom. The van der Waals surface area contributed by atoms with E-state index in [1.165, 1.54) is 0 Å².